The second-order valence-corrected chi connectivity index (χ2v) is 10.3. The molecule has 1 fully saturated rings. The molecular weight excluding hydrogens is 480 g/mol. The van der Waals surface area contributed by atoms with Crippen LogP contribution in [-0.4, -0.2) is 59.5 Å². The molecule has 7 heteroatoms. The molecule has 1 unspecified atom stereocenters. The lowest BCUT2D eigenvalue weighted by atomic mass is 9.78. The average Bonchev–Trinajstić information content (AvgIpc) is 2.94. The van der Waals surface area contributed by atoms with Crippen LogP contribution in [0.3, 0.4) is 0 Å². The van der Waals surface area contributed by atoms with Gasteiger partial charge in [-0.1, -0.05) is 42.5 Å². The third kappa shape index (κ3) is 5.04. The lowest BCUT2D eigenvalue weighted by Crippen LogP contribution is -2.45. The minimum absolute atomic E-state index is 0.0951. The van der Waals surface area contributed by atoms with Gasteiger partial charge in [-0.2, -0.15) is 0 Å². The number of hydrogen-bond donors (Lipinski definition) is 1. The highest BCUT2D eigenvalue weighted by Crippen LogP contribution is 2.42. The van der Waals surface area contributed by atoms with Crippen LogP contribution in [0, 0.1) is 11.6 Å². The van der Waals surface area contributed by atoms with Crippen molar-refractivity contribution in [1.82, 2.24) is 19.8 Å². The van der Waals surface area contributed by atoms with Gasteiger partial charge in [-0.25, -0.2) is 18.7 Å². The summed E-state index contributed by atoms with van der Waals surface area (Å²) in [6.45, 7) is 4.95. The molecule has 1 N–H and O–H groups in total. The number of nitrogens with zero attached hydrogens (tertiary/aromatic N) is 4. The summed E-state index contributed by atoms with van der Waals surface area (Å²) in [5, 5.41) is 3.28. The molecule has 1 aliphatic carbocycles. The molecule has 5 nitrogen and oxygen atoms in total. The molecule has 6 rings (SSSR count). The molecule has 0 bridgehead atoms. The first-order chi connectivity index (χ1) is 18.5. The Hall–Kier alpha value is -3.68. The Morgan fingerprint density at radius 3 is 2.47 bits per heavy atom. The molecule has 2 heterocycles. The van der Waals surface area contributed by atoms with Crippen molar-refractivity contribution in [3.8, 4) is 11.3 Å². The van der Waals surface area contributed by atoms with Gasteiger partial charge >= 0.3 is 0 Å². The van der Waals surface area contributed by atoms with Gasteiger partial charge in [0.1, 0.15) is 11.6 Å². The zero-order valence-corrected chi connectivity index (χ0v) is 21.5. The van der Waals surface area contributed by atoms with Gasteiger partial charge in [0.05, 0.1) is 5.69 Å². The van der Waals surface area contributed by atoms with Gasteiger partial charge < -0.3 is 15.1 Å². The molecule has 194 valence electrons. The van der Waals surface area contributed by atoms with E-state index < -0.39 is 0 Å². The highest BCUT2D eigenvalue weighted by Gasteiger charge is 2.29. The zero-order valence-electron chi connectivity index (χ0n) is 21.5. The molecule has 38 heavy (non-hydrogen) atoms. The SMILES string of the molecule is CN1CCN(CCc2cc(Nc3ncc4c(n3)-c3ccccc3C(c3ccccc3F)C4)ccc2F)CC1. The summed E-state index contributed by atoms with van der Waals surface area (Å²) in [5.41, 5.74) is 6.00. The maximum absolute atomic E-state index is 14.7. The minimum Gasteiger partial charge on any atom is -0.324 e. The number of likely N-dealkylation sites (N-methyl/N-ethyl adjacent to an activating group) is 1. The van der Waals surface area contributed by atoms with E-state index in [-0.39, 0.29) is 17.6 Å². The standard InChI is InChI=1S/C31H31F2N5/c1-37-14-16-38(17-15-37)13-12-21-18-23(10-11-28(21)32)35-31-34-20-22-19-27(25-7-4-5-9-29(25)33)24-6-2-3-8-26(24)30(22)36-31/h2-11,18,20,27H,12-17,19H2,1H3,(H,34,35,36). The monoisotopic (exact) mass is 511 g/mol. The summed E-state index contributed by atoms with van der Waals surface area (Å²) in [6, 6.07) is 20.1. The first kappa shape index (κ1) is 24.6. The van der Waals surface area contributed by atoms with E-state index in [1.165, 1.54) is 12.1 Å². The van der Waals surface area contributed by atoms with E-state index in [0.717, 1.165) is 60.8 Å². The van der Waals surface area contributed by atoms with Crippen molar-refractivity contribution >= 4 is 11.6 Å². The number of piperazine rings is 1. The fourth-order valence-corrected chi connectivity index (χ4v) is 5.55. The van der Waals surface area contributed by atoms with Crippen LogP contribution in [0.4, 0.5) is 20.4 Å². The number of nitrogens with one attached hydrogen (secondary N) is 1. The summed E-state index contributed by atoms with van der Waals surface area (Å²) < 4.78 is 29.3. The molecule has 3 aromatic carbocycles. The number of benzene rings is 3. The number of aromatic nitrogens is 2. The van der Waals surface area contributed by atoms with Gasteiger partial charge in [0, 0.05) is 56.1 Å². The van der Waals surface area contributed by atoms with Crippen molar-refractivity contribution < 1.29 is 8.78 Å². The highest BCUT2D eigenvalue weighted by molar-refractivity contribution is 5.73. The molecule has 0 saturated carbocycles. The van der Waals surface area contributed by atoms with Crippen LogP contribution in [0.25, 0.3) is 11.3 Å². The van der Waals surface area contributed by atoms with Crippen LogP contribution in [0.5, 0.6) is 0 Å². The average molecular weight is 512 g/mol. The Bertz CT molecular complexity index is 1450. The fraction of sp³-hybridized carbons (Fsp3) is 0.290. The second-order valence-electron chi connectivity index (χ2n) is 10.3. The molecule has 1 saturated heterocycles. The van der Waals surface area contributed by atoms with Crippen LogP contribution in [0.2, 0.25) is 0 Å². The topological polar surface area (TPSA) is 44.3 Å². The number of anilines is 2. The summed E-state index contributed by atoms with van der Waals surface area (Å²) in [4.78, 5) is 14.1. The van der Waals surface area contributed by atoms with Crippen molar-refractivity contribution in [1.29, 1.82) is 0 Å². The Balaban J connectivity index is 1.23. The van der Waals surface area contributed by atoms with E-state index in [9.17, 15) is 8.78 Å². The van der Waals surface area contributed by atoms with Crippen LogP contribution in [-0.2, 0) is 12.8 Å². The van der Waals surface area contributed by atoms with Gasteiger partial charge in [-0.15, -0.1) is 0 Å². The lowest BCUT2D eigenvalue weighted by Gasteiger charge is -2.32. The molecule has 1 atom stereocenters. The number of hydrogen-bond acceptors (Lipinski definition) is 5. The molecule has 0 amide bonds. The maximum Gasteiger partial charge on any atom is 0.227 e. The van der Waals surface area contributed by atoms with Crippen molar-refractivity contribution in [2.75, 3.05) is 45.1 Å². The quantitative estimate of drug-likeness (QED) is 0.363. The highest BCUT2D eigenvalue weighted by atomic mass is 19.1. The normalized spacial score (nSPS) is 17.6. The van der Waals surface area contributed by atoms with E-state index >= 15 is 0 Å². The molecule has 2 aliphatic rings. The molecule has 1 aliphatic heterocycles. The predicted octanol–water partition coefficient (Wildman–Crippen LogP) is 5.64. The minimum atomic E-state index is -0.199. The van der Waals surface area contributed by atoms with Crippen molar-refractivity contribution in [3.63, 3.8) is 0 Å². The van der Waals surface area contributed by atoms with Gasteiger partial charge in [0.15, 0.2) is 0 Å². The van der Waals surface area contributed by atoms with Gasteiger partial charge in [-0.3, -0.25) is 0 Å². The Morgan fingerprint density at radius 2 is 1.66 bits per heavy atom. The lowest BCUT2D eigenvalue weighted by molar-refractivity contribution is 0.155. The smallest absolute Gasteiger partial charge is 0.227 e. The van der Waals surface area contributed by atoms with Crippen molar-refractivity contribution in [2.45, 2.75) is 18.8 Å². The third-order valence-electron chi connectivity index (χ3n) is 7.76. The van der Waals surface area contributed by atoms with E-state index in [2.05, 4.69) is 33.2 Å². The van der Waals surface area contributed by atoms with Gasteiger partial charge in [-0.05, 0) is 66.4 Å². The zero-order chi connectivity index (χ0) is 26.1. The largest absolute Gasteiger partial charge is 0.324 e. The van der Waals surface area contributed by atoms with Gasteiger partial charge in [0.2, 0.25) is 5.95 Å². The summed E-state index contributed by atoms with van der Waals surface area (Å²) in [5.74, 6) is -0.0272. The number of halogens is 2. The van der Waals surface area contributed by atoms with E-state index in [1.807, 2.05) is 42.6 Å². The fourth-order valence-electron chi connectivity index (χ4n) is 5.55. The molecule has 0 spiro atoms. The van der Waals surface area contributed by atoms with E-state index in [0.29, 0.717) is 29.9 Å². The third-order valence-corrected chi connectivity index (χ3v) is 7.76. The first-order valence-corrected chi connectivity index (χ1v) is 13.2. The first-order valence-electron chi connectivity index (χ1n) is 13.2. The number of fused-ring (bicyclic) bond motifs is 3. The van der Waals surface area contributed by atoms with E-state index in [4.69, 9.17) is 4.98 Å². The molecular formula is C31H31F2N5. The molecule has 0 radical (unpaired) electrons. The summed E-state index contributed by atoms with van der Waals surface area (Å²) in [7, 11) is 2.13. The van der Waals surface area contributed by atoms with E-state index in [1.54, 1.807) is 12.1 Å². The van der Waals surface area contributed by atoms with Crippen molar-refractivity contribution in [2.24, 2.45) is 0 Å². The summed E-state index contributed by atoms with van der Waals surface area (Å²) >= 11 is 0. The Kier molecular flexibility index (Phi) is 6.87. The Labute approximate surface area is 222 Å². The number of rotatable bonds is 6. The molecule has 1 aromatic heterocycles. The second kappa shape index (κ2) is 10.6. The van der Waals surface area contributed by atoms with Crippen LogP contribution in [0.15, 0.2) is 72.9 Å². The van der Waals surface area contributed by atoms with Crippen molar-refractivity contribution in [3.05, 3.63) is 107 Å². The van der Waals surface area contributed by atoms with Crippen LogP contribution in [0.1, 0.15) is 28.2 Å². The predicted molar refractivity (Wildman–Crippen MR) is 147 cm³/mol. The van der Waals surface area contributed by atoms with Crippen LogP contribution < -0.4 is 5.32 Å². The Morgan fingerprint density at radius 1 is 0.895 bits per heavy atom. The summed E-state index contributed by atoms with van der Waals surface area (Å²) in [6.07, 6.45) is 3.10. The molecule has 4 aromatic rings. The maximum atomic E-state index is 14.7. The van der Waals surface area contributed by atoms with Gasteiger partial charge in [0.25, 0.3) is 0 Å². The van der Waals surface area contributed by atoms with Crippen LogP contribution >= 0.6 is 0 Å².